The molecule has 0 saturated heterocycles. The molecule has 0 bridgehead atoms. The Labute approximate surface area is 151 Å². The van der Waals surface area contributed by atoms with Crippen LogP contribution in [0.15, 0.2) is 54.1 Å². The molecule has 0 spiro atoms. The van der Waals surface area contributed by atoms with Crippen molar-refractivity contribution in [3.63, 3.8) is 0 Å². The number of hydrogen-bond donors (Lipinski definition) is 1. The zero-order valence-corrected chi connectivity index (χ0v) is 14.2. The summed E-state index contributed by atoms with van der Waals surface area (Å²) in [6.45, 7) is 1.69. The van der Waals surface area contributed by atoms with Gasteiger partial charge in [-0.3, -0.25) is 4.90 Å². The van der Waals surface area contributed by atoms with E-state index >= 15 is 0 Å². The molecule has 0 amide bonds. The van der Waals surface area contributed by atoms with Gasteiger partial charge in [0.15, 0.2) is 11.6 Å². The maximum Gasteiger partial charge on any atom is 0.331 e. The lowest BCUT2D eigenvalue weighted by Crippen LogP contribution is -2.32. The molecule has 0 radical (unpaired) electrons. The fraction of sp³-hybridized carbons (Fsp3) is 0.211. The highest BCUT2D eigenvalue weighted by molar-refractivity contribution is 5.97. The maximum atomic E-state index is 13.5. The van der Waals surface area contributed by atoms with Gasteiger partial charge in [0.2, 0.25) is 0 Å². The molecule has 2 aromatic carbocycles. The summed E-state index contributed by atoms with van der Waals surface area (Å²) >= 11 is 0. The van der Waals surface area contributed by atoms with E-state index in [0.717, 1.165) is 17.7 Å². The molecule has 1 aliphatic rings. The van der Waals surface area contributed by atoms with E-state index in [2.05, 4.69) is 4.90 Å². The number of carbonyl (C=O) groups is 1. The summed E-state index contributed by atoms with van der Waals surface area (Å²) in [6, 6.07) is 13.4. The van der Waals surface area contributed by atoms with Crippen LogP contribution in [-0.2, 0) is 11.3 Å². The number of carboxylic acid groups (broad SMARTS) is 1. The van der Waals surface area contributed by atoms with E-state index in [4.69, 9.17) is 0 Å². The summed E-state index contributed by atoms with van der Waals surface area (Å²) in [4.78, 5) is 13.6. The predicted molar refractivity (Wildman–Crippen MR) is 94.5 cm³/mol. The first-order valence-electron chi connectivity index (χ1n) is 7.71. The van der Waals surface area contributed by atoms with Crippen molar-refractivity contribution in [1.82, 2.24) is 4.90 Å². The molecule has 2 aromatic rings. The fourth-order valence-corrected chi connectivity index (χ4v) is 2.98. The number of aliphatic carboxylic acids is 1. The molecular weight excluding hydrogens is 348 g/mol. The van der Waals surface area contributed by atoms with E-state index in [0.29, 0.717) is 37.2 Å². The third kappa shape index (κ3) is 4.44. The molecule has 1 N–H and O–H groups in total. The van der Waals surface area contributed by atoms with Crippen molar-refractivity contribution < 1.29 is 18.7 Å². The molecule has 1 aliphatic heterocycles. The van der Waals surface area contributed by atoms with Crippen molar-refractivity contribution in [2.45, 2.75) is 13.0 Å². The smallest absolute Gasteiger partial charge is 0.331 e. The molecule has 1 heterocycles. The SMILES string of the molecule is Cl.O=C(O)C1=C(c2ccc(F)c(F)c2)CN(Cc2ccccc2)CC1. The van der Waals surface area contributed by atoms with Crippen LogP contribution in [0.4, 0.5) is 8.78 Å². The lowest BCUT2D eigenvalue weighted by Gasteiger charge is -2.30. The van der Waals surface area contributed by atoms with Gasteiger partial charge in [-0.2, -0.15) is 0 Å². The van der Waals surface area contributed by atoms with Crippen LogP contribution in [0.3, 0.4) is 0 Å². The number of halogens is 3. The molecule has 0 aromatic heterocycles. The third-order valence-corrected chi connectivity index (χ3v) is 4.20. The highest BCUT2D eigenvalue weighted by Gasteiger charge is 2.24. The highest BCUT2D eigenvalue weighted by Crippen LogP contribution is 2.28. The van der Waals surface area contributed by atoms with Gasteiger partial charge >= 0.3 is 5.97 Å². The second-order valence-corrected chi connectivity index (χ2v) is 5.84. The zero-order valence-electron chi connectivity index (χ0n) is 13.4. The van der Waals surface area contributed by atoms with Crippen LogP contribution < -0.4 is 0 Å². The van der Waals surface area contributed by atoms with Gasteiger partial charge in [-0.05, 0) is 35.3 Å². The van der Waals surface area contributed by atoms with Gasteiger partial charge in [0.1, 0.15) is 0 Å². The molecular formula is C19H18ClF2NO2. The third-order valence-electron chi connectivity index (χ3n) is 4.20. The molecule has 0 unspecified atom stereocenters. The Kier molecular flexibility index (Phi) is 6.28. The molecule has 3 nitrogen and oxygen atoms in total. The van der Waals surface area contributed by atoms with Crippen LogP contribution in [-0.4, -0.2) is 29.1 Å². The first-order valence-corrected chi connectivity index (χ1v) is 7.71. The van der Waals surface area contributed by atoms with Gasteiger partial charge < -0.3 is 5.11 Å². The second-order valence-electron chi connectivity index (χ2n) is 5.84. The van der Waals surface area contributed by atoms with E-state index in [9.17, 15) is 18.7 Å². The van der Waals surface area contributed by atoms with E-state index in [1.165, 1.54) is 6.07 Å². The number of hydrogen-bond acceptors (Lipinski definition) is 2. The van der Waals surface area contributed by atoms with Crippen molar-refractivity contribution in [2.75, 3.05) is 13.1 Å². The Hall–Kier alpha value is -2.24. The van der Waals surface area contributed by atoms with Crippen molar-refractivity contribution in [1.29, 1.82) is 0 Å². The molecule has 3 rings (SSSR count). The molecule has 6 heteroatoms. The van der Waals surface area contributed by atoms with Gasteiger partial charge in [-0.1, -0.05) is 36.4 Å². The molecule has 0 atom stereocenters. The quantitative estimate of drug-likeness (QED) is 0.885. The van der Waals surface area contributed by atoms with Crippen molar-refractivity contribution in [3.05, 3.63) is 76.9 Å². The normalized spacial score (nSPS) is 15.0. The van der Waals surface area contributed by atoms with Crippen LogP contribution in [0.25, 0.3) is 5.57 Å². The van der Waals surface area contributed by atoms with Crippen LogP contribution in [0.1, 0.15) is 17.5 Å². The monoisotopic (exact) mass is 365 g/mol. The fourth-order valence-electron chi connectivity index (χ4n) is 2.98. The van der Waals surface area contributed by atoms with Gasteiger partial charge in [0, 0.05) is 25.2 Å². The topological polar surface area (TPSA) is 40.5 Å². The molecule has 0 aliphatic carbocycles. The summed E-state index contributed by atoms with van der Waals surface area (Å²) in [6.07, 6.45) is 0.372. The summed E-state index contributed by atoms with van der Waals surface area (Å²) < 4.78 is 26.7. The number of carboxylic acids is 1. The molecule has 0 saturated carbocycles. The summed E-state index contributed by atoms with van der Waals surface area (Å²) in [5.41, 5.74) is 2.36. The predicted octanol–water partition coefficient (Wildman–Crippen LogP) is 4.13. The van der Waals surface area contributed by atoms with Gasteiger partial charge in [0.25, 0.3) is 0 Å². The summed E-state index contributed by atoms with van der Waals surface area (Å²) in [5, 5.41) is 9.43. The number of nitrogens with zero attached hydrogens (tertiary/aromatic N) is 1. The Morgan fingerprint density at radius 3 is 2.44 bits per heavy atom. The summed E-state index contributed by atoms with van der Waals surface area (Å²) in [7, 11) is 0. The minimum Gasteiger partial charge on any atom is -0.478 e. The van der Waals surface area contributed by atoms with Gasteiger partial charge in [0.05, 0.1) is 0 Å². The Morgan fingerprint density at radius 1 is 1.08 bits per heavy atom. The Morgan fingerprint density at radius 2 is 1.80 bits per heavy atom. The van der Waals surface area contributed by atoms with Crippen LogP contribution in [0, 0.1) is 11.6 Å². The lowest BCUT2D eigenvalue weighted by atomic mass is 9.93. The first-order chi connectivity index (χ1) is 11.5. The lowest BCUT2D eigenvalue weighted by molar-refractivity contribution is -0.132. The van der Waals surface area contributed by atoms with Crippen molar-refractivity contribution in [2.24, 2.45) is 0 Å². The van der Waals surface area contributed by atoms with E-state index in [1.807, 2.05) is 30.3 Å². The maximum absolute atomic E-state index is 13.5. The zero-order chi connectivity index (χ0) is 17.1. The largest absolute Gasteiger partial charge is 0.478 e. The van der Waals surface area contributed by atoms with Crippen LogP contribution >= 0.6 is 12.4 Å². The number of benzene rings is 2. The average Bonchev–Trinajstić information content (AvgIpc) is 2.58. The van der Waals surface area contributed by atoms with Crippen molar-refractivity contribution >= 4 is 23.9 Å². The highest BCUT2D eigenvalue weighted by atomic mass is 35.5. The van der Waals surface area contributed by atoms with Gasteiger partial charge in [-0.15, -0.1) is 12.4 Å². The standard InChI is InChI=1S/C19H17F2NO2.ClH/c20-17-7-6-14(10-18(17)21)16-12-22(9-8-15(16)19(23)24)11-13-4-2-1-3-5-13;/h1-7,10H,8-9,11-12H2,(H,23,24);1H. The minimum atomic E-state index is -1.01. The molecule has 0 fully saturated rings. The van der Waals surface area contributed by atoms with Crippen LogP contribution in [0.5, 0.6) is 0 Å². The average molecular weight is 366 g/mol. The Bertz CT molecular complexity index is 793. The Balaban J connectivity index is 0.00000225. The van der Waals surface area contributed by atoms with E-state index < -0.39 is 17.6 Å². The number of rotatable bonds is 4. The van der Waals surface area contributed by atoms with Crippen molar-refractivity contribution in [3.8, 4) is 0 Å². The first kappa shape index (κ1) is 19.1. The minimum absolute atomic E-state index is 0. The van der Waals surface area contributed by atoms with Crippen LogP contribution in [0.2, 0.25) is 0 Å². The van der Waals surface area contributed by atoms with Gasteiger partial charge in [-0.25, -0.2) is 13.6 Å². The second kappa shape index (κ2) is 8.23. The molecule has 25 heavy (non-hydrogen) atoms. The van der Waals surface area contributed by atoms with E-state index in [1.54, 1.807) is 0 Å². The van der Waals surface area contributed by atoms with E-state index in [-0.39, 0.29) is 18.0 Å². The molecule has 132 valence electrons. The summed E-state index contributed by atoms with van der Waals surface area (Å²) in [5.74, 6) is -2.91.